The summed E-state index contributed by atoms with van der Waals surface area (Å²) in [7, 11) is 0. The summed E-state index contributed by atoms with van der Waals surface area (Å²) in [5.41, 5.74) is 8.99. The highest BCUT2D eigenvalue weighted by molar-refractivity contribution is 4.92. The lowest BCUT2D eigenvalue weighted by Gasteiger charge is -2.27. The highest BCUT2D eigenvalue weighted by atomic mass is 15.2. The van der Waals surface area contributed by atoms with Crippen molar-refractivity contribution in [1.82, 2.24) is 0 Å². The average Bonchev–Trinajstić information content (AvgIpc) is 2.88. The zero-order valence-electron chi connectivity index (χ0n) is 12.0. The van der Waals surface area contributed by atoms with Gasteiger partial charge in [0.1, 0.15) is 0 Å². The molecule has 0 aromatic heterocycles. The molecule has 0 radical (unpaired) electrons. The molecule has 3 saturated carbocycles. The summed E-state index contributed by atoms with van der Waals surface area (Å²) in [5, 5.41) is 3.80. The zero-order chi connectivity index (χ0) is 13.1. The largest absolute Gasteiger partial charge is 0.0876 e. The number of nitrogens with zero attached hydrogens (tertiary/aromatic N) is 3. The van der Waals surface area contributed by atoms with E-state index >= 15 is 0 Å². The molecule has 0 N–H and O–H groups in total. The van der Waals surface area contributed by atoms with Gasteiger partial charge in [-0.1, -0.05) is 38.2 Å². The lowest BCUT2D eigenvalue weighted by atomic mass is 9.84. The van der Waals surface area contributed by atoms with Crippen LogP contribution in [-0.4, -0.2) is 5.54 Å². The number of rotatable bonds is 1. The summed E-state index contributed by atoms with van der Waals surface area (Å²) in [6.07, 6.45) is 13.5. The maximum Gasteiger partial charge on any atom is 0.0460 e. The van der Waals surface area contributed by atoms with Gasteiger partial charge >= 0.3 is 0 Å². The van der Waals surface area contributed by atoms with Crippen molar-refractivity contribution in [3.63, 3.8) is 0 Å². The van der Waals surface area contributed by atoms with E-state index in [4.69, 9.17) is 5.53 Å². The van der Waals surface area contributed by atoms with E-state index in [1.165, 1.54) is 44.9 Å². The molecule has 102 valence electrons. The van der Waals surface area contributed by atoms with Crippen LogP contribution in [0.25, 0.3) is 10.4 Å². The second-order valence-corrected chi connectivity index (χ2v) is 7.21. The summed E-state index contributed by atoms with van der Waals surface area (Å²) in [5.74, 6) is 1.14. The van der Waals surface area contributed by atoms with Crippen LogP contribution in [0, 0.1) is 11.3 Å². The van der Waals surface area contributed by atoms with Crippen LogP contribution in [0.15, 0.2) is 5.11 Å². The molecule has 3 aliphatic carbocycles. The van der Waals surface area contributed by atoms with E-state index < -0.39 is 0 Å². The molecule has 2 bridgehead atoms. The fourth-order valence-electron chi connectivity index (χ4n) is 4.00. The molecule has 3 fully saturated rings. The number of hydrogen-bond acceptors (Lipinski definition) is 1. The Hall–Kier alpha value is -0.690. The minimum Gasteiger partial charge on any atom is -0.0876 e. The van der Waals surface area contributed by atoms with Crippen LogP contribution >= 0.6 is 0 Å². The summed E-state index contributed by atoms with van der Waals surface area (Å²) in [6, 6.07) is 0. The van der Waals surface area contributed by atoms with Gasteiger partial charge in [-0.2, -0.15) is 0 Å². The van der Waals surface area contributed by atoms with Gasteiger partial charge in [0.05, 0.1) is 0 Å². The first-order valence-electron chi connectivity index (χ1n) is 7.62. The van der Waals surface area contributed by atoms with E-state index in [-0.39, 0.29) is 5.54 Å². The third-order valence-electron chi connectivity index (χ3n) is 5.31. The van der Waals surface area contributed by atoms with Gasteiger partial charge < -0.3 is 0 Å². The van der Waals surface area contributed by atoms with Gasteiger partial charge in [-0.15, -0.1) is 0 Å². The normalized spacial score (nSPS) is 36.4. The minimum atomic E-state index is -0.0625. The minimum absolute atomic E-state index is 0.0625. The van der Waals surface area contributed by atoms with E-state index in [1.807, 2.05) is 6.92 Å². The van der Waals surface area contributed by atoms with Crippen LogP contribution in [0.3, 0.4) is 0 Å². The van der Waals surface area contributed by atoms with Gasteiger partial charge in [0.15, 0.2) is 0 Å². The Labute approximate surface area is 111 Å². The van der Waals surface area contributed by atoms with E-state index in [2.05, 4.69) is 16.9 Å². The highest BCUT2D eigenvalue weighted by Crippen LogP contribution is 2.53. The van der Waals surface area contributed by atoms with Gasteiger partial charge in [0.2, 0.25) is 0 Å². The molecule has 0 aromatic rings. The van der Waals surface area contributed by atoms with E-state index in [0.717, 1.165) is 24.2 Å². The summed E-state index contributed by atoms with van der Waals surface area (Å²) < 4.78 is 0. The Morgan fingerprint density at radius 3 is 1.94 bits per heavy atom. The van der Waals surface area contributed by atoms with Gasteiger partial charge in [-0.3, -0.25) is 0 Å². The third kappa shape index (κ3) is 3.41. The molecule has 3 rings (SSSR count). The van der Waals surface area contributed by atoms with Crippen molar-refractivity contribution < 1.29 is 0 Å². The van der Waals surface area contributed by atoms with Crippen molar-refractivity contribution in [2.75, 3.05) is 0 Å². The van der Waals surface area contributed by atoms with E-state index in [9.17, 15) is 0 Å². The Kier molecular flexibility index (Phi) is 4.21. The third-order valence-corrected chi connectivity index (χ3v) is 5.31. The van der Waals surface area contributed by atoms with Crippen molar-refractivity contribution in [3.05, 3.63) is 10.4 Å². The molecule has 0 aromatic carbocycles. The van der Waals surface area contributed by atoms with E-state index in [0.29, 0.717) is 0 Å². The van der Waals surface area contributed by atoms with Gasteiger partial charge in [0, 0.05) is 10.5 Å². The SMILES string of the molecule is CC1(N=[N+]=[N-])CCCCC1.CC12CCC(CC1)C2. The van der Waals surface area contributed by atoms with Crippen molar-refractivity contribution >= 4 is 0 Å². The summed E-state index contributed by atoms with van der Waals surface area (Å²) >= 11 is 0. The molecule has 18 heavy (non-hydrogen) atoms. The van der Waals surface area contributed by atoms with Gasteiger partial charge in [-0.25, -0.2) is 0 Å². The first-order chi connectivity index (χ1) is 8.55. The monoisotopic (exact) mass is 249 g/mol. The number of azide groups is 1. The van der Waals surface area contributed by atoms with Crippen LogP contribution in [-0.2, 0) is 0 Å². The van der Waals surface area contributed by atoms with Crippen LogP contribution in [0.5, 0.6) is 0 Å². The van der Waals surface area contributed by atoms with Crippen molar-refractivity contribution in [2.45, 2.75) is 83.6 Å². The van der Waals surface area contributed by atoms with Gasteiger partial charge in [-0.05, 0) is 61.8 Å². The van der Waals surface area contributed by atoms with Crippen molar-refractivity contribution in [2.24, 2.45) is 16.4 Å². The molecule has 0 aliphatic heterocycles. The predicted octanol–water partition coefficient (Wildman–Crippen LogP) is 5.61. The van der Waals surface area contributed by atoms with Crippen molar-refractivity contribution in [3.8, 4) is 0 Å². The zero-order valence-corrected chi connectivity index (χ0v) is 12.0. The summed E-state index contributed by atoms with van der Waals surface area (Å²) in [6.45, 7) is 4.51. The first kappa shape index (κ1) is 13.7. The predicted molar refractivity (Wildman–Crippen MR) is 75.3 cm³/mol. The molecule has 0 unspecified atom stereocenters. The topological polar surface area (TPSA) is 48.8 Å². The maximum absolute atomic E-state index is 8.24. The summed E-state index contributed by atoms with van der Waals surface area (Å²) in [4.78, 5) is 2.86. The molecular weight excluding hydrogens is 222 g/mol. The highest BCUT2D eigenvalue weighted by Gasteiger charge is 2.40. The fraction of sp³-hybridized carbons (Fsp3) is 1.00. The van der Waals surface area contributed by atoms with Crippen LogP contribution in [0.4, 0.5) is 0 Å². The second kappa shape index (κ2) is 5.52. The molecule has 3 nitrogen and oxygen atoms in total. The molecule has 3 heteroatoms. The lowest BCUT2D eigenvalue weighted by Crippen LogP contribution is -2.23. The molecular formula is C15H27N3. The Morgan fingerprint density at radius 1 is 1.00 bits per heavy atom. The van der Waals surface area contributed by atoms with E-state index in [1.54, 1.807) is 6.42 Å². The quantitative estimate of drug-likeness (QED) is 0.329. The maximum atomic E-state index is 8.24. The molecule has 0 amide bonds. The number of hydrogen-bond donors (Lipinski definition) is 0. The molecule has 0 atom stereocenters. The average molecular weight is 249 g/mol. The molecule has 3 aliphatic rings. The smallest absolute Gasteiger partial charge is 0.0460 e. The molecule has 0 heterocycles. The van der Waals surface area contributed by atoms with Crippen LogP contribution < -0.4 is 0 Å². The van der Waals surface area contributed by atoms with Crippen LogP contribution in [0.1, 0.15) is 78.1 Å². The Bertz CT molecular complexity index is 317. The van der Waals surface area contributed by atoms with Gasteiger partial charge in [0.25, 0.3) is 0 Å². The lowest BCUT2D eigenvalue weighted by molar-refractivity contribution is 0.322. The Morgan fingerprint density at radius 2 is 1.61 bits per heavy atom. The second-order valence-electron chi connectivity index (χ2n) is 7.21. The van der Waals surface area contributed by atoms with Crippen molar-refractivity contribution in [1.29, 1.82) is 0 Å². The number of fused-ring (bicyclic) bond motifs is 2. The standard InChI is InChI=1S/C8H14.C7H13N3/c1-8-4-2-7(6-8)3-5-8;1-7(9-10-8)5-3-2-4-6-7/h7H,2-6H2,1H3;2-6H2,1H3. The van der Waals surface area contributed by atoms with Crippen LogP contribution in [0.2, 0.25) is 0 Å². The Balaban J connectivity index is 0.000000136. The first-order valence-corrected chi connectivity index (χ1v) is 7.62. The molecule has 0 spiro atoms. The fourth-order valence-corrected chi connectivity index (χ4v) is 4.00. The molecule has 0 saturated heterocycles.